The molecule has 2 aliphatic rings. The minimum absolute atomic E-state index is 0.0180. The Hall–Kier alpha value is -1.36. The Kier molecular flexibility index (Phi) is 4.81. The van der Waals surface area contributed by atoms with Gasteiger partial charge in [0.2, 0.25) is 5.91 Å². The number of likely N-dealkylation sites (tertiary alicyclic amines) is 1. The first-order chi connectivity index (χ1) is 10.6. The topological polar surface area (TPSA) is 50.2 Å². The van der Waals surface area contributed by atoms with Crippen molar-refractivity contribution in [3.8, 4) is 0 Å². The Morgan fingerprint density at radius 1 is 1.32 bits per heavy atom. The lowest BCUT2D eigenvalue weighted by molar-refractivity contribution is -0.129. The van der Waals surface area contributed by atoms with Gasteiger partial charge in [-0.05, 0) is 38.3 Å². The van der Waals surface area contributed by atoms with Gasteiger partial charge in [-0.25, -0.2) is 4.98 Å². The fourth-order valence-electron chi connectivity index (χ4n) is 3.86. The summed E-state index contributed by atoms with van der Waals surface area (Å²) in [5.41, 5.74) is 0. The van der Waals surface area contributed by atoms with Crippen LogP contribution < -0.4 is 5.32 Å². The number of piperidine rings is 1. The van der Waals surface area contributed by atoms with Gasteiger partial charge < -0.3 is 9.88 Å². The molecule has 1 aromatic rings. The maximum Gasteiger partial charge on any atom is 0.237 e. The van der Waals surface area contributed by atoms with Crippen LogP contribution in [0.3, 0.4) is 0 Å². The van der Waals surface area contributed by atoms with Crippen molar-refractivity contribution in [2.75, 3.05) is 13.1 Å². The van der Waals surface area contributed by atoms with Gasteiger partial charge in [-0.1, -0.05) is 20.3 Å². The molecular weight excluding hydrogens is 276 g/mol. The van der Waals surface area contributed by atoms with Crippen molar-refractivity contribution in [1.82, 2.24) is 19.8 Å². The summed E-state index contributed by atoms with van der Waals surface area (Å²) in [7, 11) is 0. The van der Waals surface area contributed by atoms with Gasteiger partial charge in [-0.2, -0.15) is 0 Å². The number of carbonyl (C=O) groups is 1. The van der Waals surface area contributed by atoms with Gasteiger partial charge in [0.1, 0.15) is 5.82 Å². The van der Waals surface area contributed by atoms with E-state index >= 15 is 0 Å². The molecule has 3 heterocycles. The predicted octanol–water partition coefficient (Wildman–Crippen LogP) is 1.82. The van der Waals surface area contributed by atoms with E-state index in [2.05, 4.69) is 33.6 Å². The van der Waals surface area contributed by atoms with Crippen LogP contribution in [0.15, 0.2) is 12.4 Å². The highest BCUT2D eigenvalue weighted by Gasteiger charge is 2.31. The van der Waals surface area contributed by atoms with Crippen molar-refractivity contribution >= 4 is 5.91 Å². The zero-order valence-electron chi connectivity index (χ0n) is 13.8. The Bertz CT molecular complexity index is 505. The highest BCUT2D eigenvalue weighted by molar-refractivity contribution is 5.82. The van der Waals surface area contributed by atoms with Crippen LogP contribution in [0.2, 0.25) is 0 Å². The molecule has 122 valence electrons. The second kappa shape index (κ2) is 6.82. The summed E-state index contributed by atoms with van der Waals surface area (Å²) in [5.74, 6) is 1.71. The maximum absolute atomic E-state index is 12.8. The van der Waals surface area contributed by atoms with Crippen molar-refractivity contribution in [2.45, 2.75) is 64.6 Å². The first kappa shape index (κ1) is 15.5. The van der Waals surface area contributed by atoms with E-state index in [0.717, 1.165) is 38.3 Å². The smallest absolute Gasteiger partial charge is 0.237 e. The Balaban J connectivity index is 1.62. The van der Waals surface area contributed by atoms with Crippen LogP contribution in [0, 0.1) is 5.92 Å². The minimum atomic E-state index is 0.0180. The molecule has 1 aromatic heterocycles. The minimum Gasteiger partial charge on any atom is -0.350 e. The van der Waals surface area contributed by atoms with Crippen LogP contribution in [0.25, 0.3) is 0 Å². The highest BCUT2D eigenvalue weighted by atomic mass is 16.2. The van der Waals surface area contributed by atoms with Crippen LogP contribution in [0.1, 0.15) is 45.4 Å². The Morgan fingerprint density at radius 2 is 2.09 bits per heavy atom. The summed E-state index contributed by atoms with van der Waals surface area (Å²) in [6, 6.07) is 0.254. The van der Waals surface area contributed by atoms with Gasteiger partial charge in [0, 0.05) is 31.4 Å². The molecule has 5 nitrogen and oxygen atoms in total. The molecule has 0 aliphatic carbocycles. The average Bonchev–Trinajstić information content (AvgIpc) is 2.95. The lowest BCUT2D eigenvalue weighted by atomic mass is 9.97. The summed E-state index contributed by atoms with van der Waals surface area (Å²) in [6.45, 7) is 7.30. The number of aromatic nitrogens is 2. The van der Waals surface area contributed by atoms with Crippen molar-refractivity contribution in [1.29, 1.82) is 0 Å². The molecule has 1 saturated heterocycles. The first-order valence-corrected chi connectivity index (χ1v) is 8.69. The van der Waals surface area contributed by atoms with E-state index in [9.17, 15) is 4.79 Å². The number of hydrogen-bond donors (Lipinski definition) is 1. The molecule has 0 radical (unpaired) electrons. The van der Waals surface area contributed by atoms with E-state index in [0.29, 0.717) is 5.92 Å². The van der Waals surface area contributed by atoms with Gasteiger partial charge in [0.15, 0.2) is 0 Å². The Morgan fingerprint density at radius 3 is 2.82 bits per heavy atom. The highest BCUT2D eigenvalue weighted by Crippen LogP contribution is 2.19. The van der Waals surface area contributed by atoms with Gasteiger partial charge >= 0.3 is 0 Å². The van der Waals surface area contributed by atoms with Gasteiger partial charge in [-0.15, -0.1) is 0 Å². The summed E-state index contributed by atoms with van der Waals surface area (Å²) in [6.07, 6.45) is 9.55. The lowest BCUT2D eigenvalue weighted by Gasteiger charge is -2.37. The zero-order valence-corrected chi connectivity index (χ0v) is 13.8. The number of amides is 1. The molecule has 2 unspecified atom stereocenters. The van der Waals surface area contributed by atoms with Crippen molar-refractivity contribution in [3.63, 3.8) is 0 Å². The summed E-state index contributed by atoms with van der Waals surface area (Å²) >= 11 is 0. The number of carbonyl (C=O) groups excluding carboxylic acids is 1. The molecule has 0 aromatic carbocycles. The van der Waals surface area contributed by atoms with Gasteiger partial charge in [0.25, 0.3) is 0 Å². The fraction of sp³-hybridized carbons (Fsp3) is 0.765. The third-order valence-electron chi connectivity index (χ3n) is 4.97. The van der Waals surface area contributed by atoms with E-state index in [4.69, 9.17) is 0 Å². The van der Waals surface area contributed by atoms with Gasteiger partial charge in [0.05, 0.1) is 6.04 Å². The molecule has 1 amide bonds. The third-order valence-corrected chi connectivity index (χ3v) is 4.97. The van der Waals surface area contributed by atoms with E-state index in [-0.39, 0.29) is 18.0 Å². The third kappa shape index (κ3) is 3.35. The molecular formula is C17H28N4O. The molecule has 5 heteroatoms. The number of nitrogens with one attached hydrogen (secondary N) is 1. The molecule has 0 spiro atoms. The fourth-order valence-corrected chi connectivity index (χ4v) is 3.86. The SMILES string of the molecule is CC(C)C(C(=O)NC1CCc2nccn2C1)N1CCCCC1. The standard InChI is InChI=1S/C17H28N4O/c1-13(2)16(20-9-4-3-5-10-20)17(22)19-14-6-7-15-18-8-11-21(15)12-14/h8,11,13-14,16H,3-7,9-10,12H2,1-2H3,(H,19,22). The van der Waals surface area contributed by atoms with Crippen molar-refractivity contribution < 1.29 is 4.79 Å². The largest absolute Gasteiger partial charge is 0.350 e. The van der Waals surface area contributed by atoms with Crippen LogP contribution in [-0.2, 0) is 17.8 Å². The summed E-state index contributed by atoms with van der Waals surface area (Å²) < 4.78 is 2.17. The first-order valence-electron chi connectivity index (χ1n) is 8.69. The maximum atomic E-state index is 12.8. The second-order valence-corrected chi connectivity index (χ2v) is 7.03. The van der Waals surface area contributed by atoms with Gasteiger partial charge in [-0.3, -0.25) is 9.69 Å². The summed E-state index contributed by atoms with van der Waals surface area (Å²) in [4.78, 5) is 19.6. The number of hydrogen-bond acceptors (Lipinski definition) is 3. The zero-order chi connectivity index (χ0) is 15.5. The molecule has 1 N–H and O–H groups in total. The molecule has 0 bridgehead atoms. The van der Waals surface area contributed by atoms with Crippen LogP contribution >= 0.6 is 0 Å². The number of aryl methyl sites for hydroxylation is 1. The average molecular weight is 304 g/mol. The van der Waals surface area contributed by atoms with E-state index in [1.165, 1.54) is 19.3 Å². The molecule has 22 heavy (non-hydrogen) atoms. The number of fused-ring (bicyclic) bond motifs is 1. The lowest BCUT2D eigenvalue weighted by Crippen LogP contribution is -2.54. The predicted molar refractivity (Wildman–Crippen MR) is 86.5 cm³/mol. The second-order valence-electron chi connectivity index (χ2n) is 7.03. The molecule has 2 aliphatic heterocycles. The van der Waals surface area contributed by atoms with E-state index in [1.54, 1.807) is 0 Å². The van der Waals surface area contributed by atoms with E-state index in [1.807, 2.05) is 12.4 Å². The van der Waals surface area contributed by atoms with Crippen LogP contribution in [0.4, 0.5) is 0 Å². The van der Waals surface area contributed by atoms with E-state index < -0.39 is 0 Å². The van der Waals surface area contributed by atoms with Crippen molar-refractivity contribution in [3.05, 3.63) is 18.2 Å². The van der Waals surface area contributed by atoms with Crippen molar-refractivity contribution in [2.24, 2.45) is 5.92 Å². The Labute approximate surface area is 133 Å². The monoisotopic (exact) mass is 304 g/mol. The van der Waals surface area contributed by atoms with Crippen LogP contribution in [-0.4, -0.2) is 45.5 Å². The molecule has 1 fully saturated rings. The molecule has 3 rings (SSSR count). The quantitative estimate of drug-likeness (QED) is 0.923. The summed E-state index contributed by atoms with van der Waals surface area (Å²) in [5, 5.41) is 3.30. The number of rotatable bonds is 4. The molecule has 2 atom stereocenters. The molecule has 0 saturated carbocycles. The normalized spacial score (nSPS) is 24.0. The number of nitrogens with zero attached hydrogens (tertiary/aromatic N) is 3. The van der Waals surface area contributed by atoms with Crippen LogP contribution in [0.5, 0.6) is 0 Å². The number of imidazole rings is 1.